The predicted molar refractivity (Wildman–Crippen MR) is 161 cm³/mol. The summed E-state index contributed by atoms with van der Waals surface area (Å²) in [5.74, 6) is 5.32. The number of benzene rings is 3. The van der Waals surface area contributed by atoms with Gasteiger partial charge in [0.25, 0.3) is 5.91 Å². The molecule has 3 amide bonds. The Kier molecular flexibility index (Phi) is 8.93. The molecule has 3 aromatic carbocycles. The summed E-state index contributed by atoms with van der Waals surface area (Å²) in [7, 11) is 0. The Balaban J connectivity index is 1.28. The first kappa shape index (κ1) is 29.2. The van der Waals surface area contributed by atoms with Crippen LogP contribution in [0.4, 0.5) is 10.5 Å². The Morgan fingerprint density at radius 2 is 1.79 bits per heavy atom. The van der Waals surface area contributed by atoms with E-state index in [0.717, 1.165) is 6.42 Å². The monoisotopic (exact) mass is 597 g/mol. The van der Waals surface area contributed by atoms with Crippen LogP contribution in [-0.2, 0) is 9.59 Å². The molecule has 0 spiro atoms. The third-order valence-electron chi connectivity index (χ3n) is 7.08. The maximum atomic E-state index is 13.5. The molecule has 5 N–H and O–H groups in total. The first-order valence-corrected chi connectivity index (χ1v) is 14.0. The number of carboxylic acid groups (broad SMARTS) is 1. The van der Waals surface area contributed by atoms with Crippen LogP contribution >= 0.6 is 11.6 Å². The molecule has 10 nitrogen and oxygen atoms in total. The van der Waals surface area contributed by atoms with Crippen molar-refractivity contribution in [1.82, 2.24) is 20.4 Å². The molecule has 2 atom stereocenters. The van der Waals surface area contributed by atoms with E-state index in [1.807, 2.05) is 0 Å². The van der Waals surface area contributed by atoms with Gasteiger partial charge in [0.2, 0.25) is 5.91 Å². The second-order valence-corrected chi connectivity index (χ2v) is 10.4. The van der Waals surface area contributed by atoms with Crippen LogP contribution in [0, 0.1) is 11.8 Å². The average molecular weight is 598 g/mol. The molecule has 0 radical (unpaired) electrons. The maximum Gasteiger partial charge on any atom is 0.405 e. The van der Waals surface area contributed by atoms with Gasteiger partial charge in [0.1, 0.15) is 23.5 Å². The first-order chi connectivity index (χ1) is 20.8. The minimum Gasteiger partial charge on any atom is -0.507 e. The summed E-state index contributed by atoms with van der Waals surface area (Å²) < 4.78 is 0. The predicted octanol–water partition coefficient (Wildman–Crippen LogP) is 5.16. The fraction of sp³-hybridized carbons (Fsp3) is 0.188. The Bertz CT molecular complexity index is 1690. The van der Waals surface area contributed by atoms with Crippen LogP contribution in [-0.4, -0.2) is 55.8 Å². The normalized spacial score (nSPS) is 15.1. The molecule has 1 saturated heterocycles. The highest BCUT2D eigenvalue weighted by Crippen LogP contribution is 2.32. The fourth-order valence-electron chi connectivity index (χ4n) is 4.98. The van der Waals surface area contributed by atoms with Gasteiger partial charge in [0, 0.05) is 34.6 Å². The number of nitrogens with zero attached hydrogens (tertiary/aromatic N) is 2. The van der Waals surface area contributed by atoms with Crippen molar-refractivity contribution >= 4 is 35.2 Å². The van der Waals surface area contributed by atoms with Crippen molar-refractivity contribution < 1.29 is 24.6 Å². The zero-order chi connectivity index (χ0) is 30.3. The summed E-state index contributed by atoms with van der Waals surface area (Å²) in [4.78, 5) is 39.8. The quantitative estimate of drug-likeness (QED) is 0.194. The summed E-state index contributed by atoms with van der Waals surface area (Å²) in [5, 5.41) is 32.2. The van der Waals surface area contributed by atoms with Crippen molar-refractivity contribution in [3.8, 4) is 28.8 Å². The van der Waals surface area contributed by atoms with Gasteiger partial charge < -0.3 is 25.7 Å². The van der Waals surface area contributed by atoms with Gasteiger partial charge in [-0.05, 0) is 67.3 Å². The summed E-state index contributed by atoms with van der Waals surface area (Å²) in [6.07, 6.45) is 2.25. The number of hydrogen-bond donors (Lipinski definition) is 5. The molecule has 2 heterocycles. The van der Waals surface area contributed by atoms with Crippen LogP contribution in [0.5, 0.6) is 5.75 Å². The van der Waals surface area contributed by atoms with E-state index in [1.54, 1.807) is 72.9 Å². The summed E-state index contributed by atoms with van der Waals surface area (Å²) >= 11 is 6.08. The highest BCUT2D eigenvalue weighted by atomic mass is 35.5. The van der Waals surface area contributed by atoms with E-state index in [1.165, 1.54) is 11.0 Å². The van der Waals surface area contributed by atoms with E-state index in [4.69, 9.17) is 11.6 Å². The molecule has 0 unspecified atom stereocenters. The number of nitrogens with one attached hydrogen (secondary N) is 3. The second-order valence-electron chi connectivity index (χ2n) is 9.96. The van der Waals surface area contributed by atoms with E-state index >= 15 is 0 Å². The molecule has 4 aromatic rings. The van der Waals surface area contributed by atoms with Crippen LogP contribution in [0.25, 0.3) is 11.3 Å². The third kappa shape index (κ3) is 6.97. The second kappa shape index (κ2) is 13.1. The van der Waals surface area contributed by atoms with Gasteiger partial charge in [-0.2, -0.15) is 5.10 Å². The fourth-order valence-corrected chi connectivity index (χ4v) is 5.15. The number of aromatic amines is 1. The van der Waals surface area contributed by atoms with Gasteiger partial charge in [0.15, 0.2) is 0 Å². The SMILES string of the molecule is O=C(O)N[C@@H](C(=O)N1CCCC[C@H]1C(=O)Nc1ccc(C#Cc2c[nH]nc2-c2cc(Cl)ccc2O)cc1)c1ccccc1. The minimum atomic E-state index is -1.32. The number of amides is 3. The van der Waals surface area contributed by atoms with Crippen molar-refractivity contribution in [3.05, 3.63) is 101 Å². The lowest BCUT2D eigenvalue weighted by molar-refractivity contribution is -0.142. The molecule has 1 fully saturated rings. The van der Waals surface area contributed by atoms with Crippen molar-refractivity contribution in [2.24, 2.45) is 0 Å². The van der Waals surface area contributed by atoms with Crippen LogP contribution < -0.4 is 10.6 Å². The molecule has 1 aromatic heterocycles. The Hall–Kier alpha value is -5.27. The number of halogens is 1. The number of carbonyl (C=O) groups is 3. The van der Waals surface area contributed by atoms with Gasteiger partial charge in [-0.1, -0.05) is 53.8 Å². The van der Waals surface area contributed by atoms with Gasteiger partial charge in [-0.3, -0.25) is 14.7 Å². The van der Waals surface area contributed by atoms with Crippen molar-refractivity contribution in [1.29, 1.82) is 0 Å². The van der Waals surface area contributed by atoms with E-state index in [0.29, 0.717) is 58.0 Å². The highest BCUT2D eigenvalue weighted by molar-refractivity contribution is 6.31. The number of rotatable bonds is 6. The minimum absolute atomic E-state index is 0.0339. The molecule has 0 saturated carbocycles. The number of phenolic OH excluding ortho intramolecular Hbond substituents is 1. The molecule has 1 aliphatic rings. The number of aromatic nitrogens is 2. The number of carbonyl (C=O) groups excluding carboxylic acids is 2. The Morgan fingerprint density at radius 3 is 2.53 bits per heavy atom. The van der Waals surface area contributed by atoms with E-state index in [2.05, 4.69) is 32.7 Å². The number of H-pyrrole nitrogens is 1. The zero-order valence-electron chi connectivity index (χ0n) is 22.9. The van der Waals surface area contributed by atoms with Crippen LogP contribution in [0.15, 0.2) is 79.0 Å². The largest absolute Gasteiger partial charge is 0.507 e. The van der Waals surface area contributed by atoms with E-state index in [-0.39, 0.29) is 11.7 Å². The van der Waals surface area contributed by atoms with E-state index < -0.39 is 24.1 Å². The number of phenols is 1. The summed E-state index contributed by atoms with van der Waals surface area (Å²) in [6, 6.07) is 18.4. The maximum absolute atomic E-state index is 13.5. The lowest BCUT2D eigenvalue weighted by Gasteiger charge is -2.37. The van der Waals surface area contributed by atoms with Crippen LogP contribution in [0.2, 0.25) is 5.02 Å². The molecule has 218 valence electrons. The molecular formula is C32H28ClN5O5. The van der Waals surface area contributed by atoms with Crippen molar-refractivity contribution in [2.45, 2.75) is 31.3 Å². The molecule has 43 heavy (non-hydrogen) atoms. The molecule has 5 rings (SSSR count). The number of anilines is 1. The number of aromatic hydroxyl groups is 1. The molecule has 0 bridgehead atoms. The van der Waals surface area contributed by atoms with Gasteiger partial charge in [-0.15, -0.1) is 0 Å². The molecule has 1 aliphatic heterocycles. The van der Waals surface area contributed by atoms with Crippen molar-refractivity contribution in [3.63, 3.8) is 0 Å². The molecular weight excluding hydrogens is 570 g/mol. The number of piperidine rings is 1. The number of hydrogen-bond acceptors (Lipinski definition) is 5. The number of likely N-dealkylation sites (tertiary alicyclic amines) is 1. The third-order valence-corrected chi connectivity index (χ3v) is 7.32. The lowest BCUT2D eigenvalue weighted by Crippen LogP contribution is -2.53. The highest BCUT2D eigenvalue weighted by Gasteiger charge is 2.36. The summed E-state index contributed by atoms with van der Waals surface area (Å²) in [6.45, 7) is 0.346. The van der Waals surface area contributed by atoms with Crippen LogP contribution in [0.3, 0.4) is 0 Å². The zero-order valence-corrected chi connectivity index (χ0v) is 23.6. The lowest BCUT2D eigenvalue weighted by atomic mass is 9.98. The van der Waals surface area contributed by atoms with Gasteiger partial charge in [-0.25, -0.2) is 4.79 Å². The molecule has 11 heteroatoms. The van der Waals surface area contributed by atoms with Gasteiger partial charge in [0.05, 0.1) is 5.56 Å². The van der Waals surface area contributed by atoms with Gasteiger partial charge >= 0.3 is 6.09 Å². The standard InChI is InChI=1S/C32H28ClN5O5/c33-23-13-16-27(39)25(18-23)28-22(19-34-37-28)12-9-20-10-14-24(15-11-20)35-30(40)26-8-4-5-17-38(26)31(41)29(36-32(42)43)21-6-2-1-3-7-21/h1-3,6-7,10-11,13-16,18-19,26,29,36,39H,4-5,8,17H2,(H,34,37)(H,35,40)(H,42,43)/t26-,29+/m0/s1. The van der Waals surface area contributed by atoms with Crippen LogP contribution in [0.1, 0.15) is 42.0 Å². The Labute approximate surface area is 252 Å². The average Bonchev–Trinajstić information content (AvgIpc) is 3.49. The summed E-state index contributed by atoms with van der Waals surface area (Å²) in [5.41, 5.74) is 3.22. The van der Waals surface area contributed by atoms with Crippen molar-refractivity contribution in [2.75, 3.05) is 11.9 Å². The smallest absolute Gasteiger partial charge is 0.405 e. The topological polar surface area (TPSA) is 148 Å². The Morgan fingerprint density at radius 1 is 1.02 bits per heavy atom. The van der Waals surface area contributed by atoms with E-state index in [9.17, 15) is 24.6 Å². The first-order valence-electron chi connectivity index (χ1n) is 13.6. The molecule has 0 aliphatic carbocycles.